The average Bonchev–Trinajstić information content (AvgIpc) is 2.68. The second-order valence-corrected chi connectivity index (χ2v) is 7.63. The van der Waals surface area contributed by atoms with Crippen LogP contribution in [0.25, 0.3) is 10.8 Å². The van der Waals surface area contributed by atoms with Crippen molar-refractivity contribution in [2.24, 2.45) is 0 Å². The molecule has 0 radical (unpaired) electrons. The Labute approximate surface area is 169 Å². The summed E-state index contributed by atoms with van der Waals surface area (Å²) < 4.78 is 29.2. The second-order valence-electron chi connectivity index (χ2n) is 5.74. The van der Waals surface area contributed by atoms with Crippen molar-refractivity contribution in [3.8, 4) is 23.0 Å². The molecule has 3 aromatic carbocycles. The van der Waals surface area contributed by atoms with Gasteiger partial charge in [-0.3, -0.25) is 4.79 Å². The Hall–Kier alpha value is -2.77. The molecule has 28 heavy (non-hydrogen) atoms. The third-order valence-electron chi connectivity index (χ3n) is 4.00. The summed E-state index contributed by atoms with van der Waals surface area (Å²) in [5, 5.41) is 11.7. The van der Waals surface area contributed by atoms with E-state index in [1.165, 1.54) is 21.1 Å². The summed E-state index contributed by atoms with van der Waals surface area (Å²) in [4.78, 5) is 12.5. The smallest absolute Gasteiger partial charge is 0.308 e. The molecule has 1 unspecified atom stereocenters. The fourth-order valence-corrected chi connectivity index (χ4v) is 4.42. The molecule has 0 aliphatic heterocycles. The van der Waals surface area contributed by atoms with Gasteiger partial charge in [0.2, 0.25) is 11.5 Å². The lowest BCUT2D eigenvalue weighted by molar-refractivity contribution is -0.131. The molecule has 8 heteroatoms. The van der Waals surface area contributed by atoms with E-state index in [-0.39, 0.29) is 28.4 Å². The number of carbonyl (C=O) groups is 1. The number of fused-ring (bicyclic) bond motifs is 1. The van der Waals surface area contributed by atoms with Crippen LogP contribution in [0.2, 0.25) is 5.02 Å². The molecular formula is C20H17ClO6S. The minimum atomic E-state index is -1.67. The number of aromatic hydroxyl groups is 1. The Balaban J connectivity index is 2.40. The van der Waals surface area contributed by atoms with Gasteiger partial charge in [0, 0.05) is 27.6 Å². The van der Waals surface area contributed by atoms with Gasteiger partial charge in [-0.2, -0.15) is 0 Å². The Morgan fingerprint density at radius 3 is 2.32 bits per heavy atom. The normalized spacial score (nSPS) is 11.9. The first-order valence-corrected chi connectivity index (χ1v) is 9.67. The molecule has 0 saturated heterocycles. The molecule has 0 bridgehead atoms. The number of halogens is 1. The molecule has 0 amide bonds. The number of hydrogen-bond acceptors (Lipinski definition) is 6. The fourth-order valence-electron chi connectivity index (χ4n) is 2.89. The van der Waals surface area contributed by atoms with E-state index >= 15 is 0 Å². The first-order valence-electron chi connectivity index (χ1n) is 8.14. The summed E-state index contributed by atoms with van der Waals surface area (Å²) in [6.07, 6.45) is 0. The Kier molecular flexibility index (Phi) is 5.76. The molecule has 3 rings (SSSR count). The minimum Gasteiger partial charge on any atom is -0.504 e. The van der Waals surface area contributed by atoms with Gasteiger partial charge in [0.25, 0.3) is 0 Å². The lowest BCUT2D eigenvalue weighted by Gasteiger charge is -2.18. The van der Waals surface area contributed by atoms with E-state index in [9.17, 15) is 14.1 Å². The predicted molar refractivity (Wildman–Crippen MR) is 106 cm³/mol. The van der Waals surface area contributed by atoms with Gasteiger partial charge >= 0.3 is 5.97 Å². The van der Waals surface area contributed by atoms with Crippen molar-refractivity contribution >= 4 is 39.1 Å². The molecular weight excluding hydrogens is 404 g/mol. The Morgan fingerprint density at radius 2 is 1.71 bits per heavy atom. The van der Waals surface area contributed by atoms with Gasteiger partial charge in [0.05, 0.1) is 29.9 Å². The molecule has 146 valence electrons. The lowest BCUT2D eigenvalue weighted by Crippen LogP contribution is -2.06. The lowest BCUT2D eigenvalue weighted by atomic mass is 10.1. The molecule has 0 fully saturated rings. The Bertz CT molecular complexity index is 1100. The molecule has 0 aliphatic carbocycles. The highest BCUT2D eigenvalue weighted by molar-refractivity contribution is 7.85. The Morgan fingerprint density at radius 1 is 1.04 bits per heavy atom. The van der Waals surface area contributed by atoms with Crippen LogP contribution < -0.4 is 14.2 Å². The van der Waals surface area contributed by atoms with Crippen molar-refractivity contribution in [2.75, 3.05) is 14.2 Å². The molecule has 0 spiro atoms. The minimum absolute atomic E-state index is 0.0111. The molecule has 0 heterocycles. The van der Waals surface area contributed by atoms with Crippen molar-refractivity contribution in [1.82, 2.24) is 0 Å². The number of benzene rings is 3. The van der Waals surface area contributed by atoms with Gasteiger partial charge < -0.3 is 19.3 Å². The maximum atomic E-state index is 13.3. The van der Waals surface area contributed by atoms with E-state index in [0.29, 0.717) is 20.2 Å². The highest BCUT2D eigenvalue weighted by Crippen LogP contribution is 2.52. The van der Waals surface area contributed by atoms with E-state index in [2.05, 4.69) is 0 Å². The zero-order valence-corrected chi connectivity index (χ0v) is 16.9. The van der Waals surface area contributed by atoms with Crippen molar-refractivity contribution in [1.29, 1.82) is 0 Å². The molecule has 0 aromatic heterocycles. The van der Waals surface area contributed by atoms with Crippen LogP contribution in [0, 0.1) is 0 Å². The molecule has 1 N–H and O–H groups in total. The summed E-state index contributed by atoms with van der Waals surface area (Å²) in [5.41, 5.74) is 0. The summed E-state index contributed by atoms with van der Waals surface area (Å²) in [6, 6.07) is 11.5. The van der Waals surface area contributed by atoms with Crippen LogP contribution in [0.4, 0.5) is 0 Å². The predicted octanol–water partition coefficient (Wildman–Crippen LogP) is 4.31. The molecule has 0 saturated carbocycles. The van der Waals surface area contributed by atoms with E-state index in [0.717, 1.165) is 0 Å². The van der Waals surface area contributed by atoms with E-state index in [1.807, 2.05) is 0 Å². The zero-order valence-electron chi connectivity index (χ0n) is 15.3. The van der Waals surface area contributed by atoms with Gasteiger partial charge in [-0.1, -0.05) is 29.8 Å². The summed E-state index contributed by atoms with van der Waals surface area (Å²) >= 11 is 6.03. The summed E-state index contributed by atoms with van der Waals surface area (Å²) in [7, 11) is 1.04. The van der Waals surface area contributed by atoms with Crippen molar-refractivity contribution in [3.63, 3.8) is 0 Å². The second kappa shape index (κ2) is 8.08. The third kappa shape index (κ3) is 3.50. The number of hydrogen-bond donors (Lipinski definition) is 1. The SMILES string of the molecule is COc1c(OC)c(OC(C)=O)c2c(S(=O)c3cccc(Cl)c3)cccc2c1O. The van der Waals surface area contributed by atoms with Crippen LogP contribution in [0.3, 0.4) is 0 Å². The topological polar surface area (TPSA) is 82.1 Å². The van der Waals surface area contributed by atoms with E-state index in [4.69, 9.17) is 25.8 Å². The molecule has 3 aromatic rings. The number of phenolic OH excluding ortho intramolecular Hbond substituents is 1. The van der Waals surface area contributed by atoms with Gasteiger partial charge in [0.1, 0.15) is 0 Å². The molecule has 0 aliphatic rings. The highest BCUT2D eigenvalue weighted by Gasteiger charge is 2.27. The van der Waals surface area contributed by atoms with Crippen LogP contribution in [0.1, 0.15) is 6.92 Å². The van der Waals surface area contributed by atoms with Gasteiger partial charge in [-0.05, 0) is 24.3 Å². The van der Waals surface area contributed by atoms with Crippen molar-refractivity contribution in [3.05, 3.63) is 47.5 Å². The average molecular weight is 421 g/mol. The van der Waals surface area contributed by atoms with Crippen LogP contribution in [-0.4, -0.2) is 29.5 Å². The first kappa shape index (κ1) is 20.0. The monoisotopic (exact) mass is 420 g/mol. The van der Waals surface area contributed by atoms with Gasteiger partial charge in [0.15, 0.2) is 11.5 Å². The number of carbonyl (C=O) groups excluding carboxylic acids is 1. The zero-order chi connectivity index (χ0) is 20.4. The third-order valence-corrected chi connectivity index (χ3v) is 5.66. The largest absolute Gasteiger partial charge is 0.504 e. The van der Waals surface area contributed by atoms with E-state index < -0.39 is 16.8 Å². The van der Waals surface area contributed by atoms with Crippen LogP contribution in [0.5, 0.6) is 23.0 Å². The van der Waals surface area contributed by atoms with Crippen LogP contribution >= 0.6 is 11.6 Å². The number of rotatable bonds is 5. The quantitative estimate of drug-likeness (QED) is 0.489. The maximum Gasteiger partial charge on any atom is 0.308 e. The van der Waals surface area contributed by atoms with Crippen LogP contribution in [-0.2, 0) is 15.6 Å². The van der Waals surface area contributed by atoms with Gasteiger partial charge in [-0.25, -0.2) is 4.21 Å². The van der Waals surface area contributed by atoms with Gasteiger partial charge in [-0.15, -0.1) is 0 Å². The first-order chi connectivity index (χ1) is 13.4. The maximum absolute atomic E-state index is 13.3. The molecule has 1 atom stereocenters. The van der Waals surface area contributed by atoms with E-state index in [1.54, 1.807) is 42.5 Å². The number of methoxy groups -OCH3 is 2. The number of phenols is 1. The standard InChI is InChI=1S/C20H17ClO6S/c1-11(22)27-18-16-14(17(23)19(25-2)20(18)26-3)8-5-9-15(16)28(24)13-7-4-6-12(21)10-13/h4-10,23H,1-3H3. The number of ether oxygens (including phenoxy) is 3. The summed E-state index contributed by atoms with van der Waals surface area (Å²) in [6.45, 7) is 1.24. The van der Waals surface area contributed by atoms with Crippen molar-refractivity contribution in [2.45, 2.75) is 16.7 Å². The van der Waals surface area contributed by atoms with Crippen LogP contribution in [0.15, 0.2) is 52.3 Å². The number of esters is 1. The summed E-state index contributed by atoms with van der Waals surface area (Å²) in [5.74, 6) is -0.758. The highest BCUT2D eigenvalue weighted by atomic mass is 35.5. The fraction of sp³-hybridized carbons (Fsp3) is 0.150. The molecule has 6 nitrogen and oxygen atoms in total. The van der Waals surface area contributed by atoms with Crippen molar-refractivity contribution < 1.29 is 28.3 Å².